The molecule has 0 rings (SSSR count). The molecule has 0 saturated heterocycles. The van der Waals surface area contributed by atoms with Crippen LogP contribution >= 0.6 is 0 Å². The van der Waals surface area contributed by atoms with Crippen LogP contribution in [0.2, 0.25) is 0 Å². The molecular weight excluding hydrogens is 831 g/mol. The summed E-state index contributed by atoms with van der Waals surface area (Å²) in [5.74, 6) is -0.0688. The average molecular weight is 947 g/mol. The van der Waals surface area contributed by atoms with E-state index in [1.165, 1.54) is 212 Å². The molecule has 3 N–H and O–H groups in total. The van der Waals surface area contributed by atoms with Crippen LogP contribution in [0.1, 0.15) is 296 Å². The fraction of sp³-hybridized carbons (Fsp3) is 0.766. The second kappa shape index (κ2) is 58.9. The van der Waals surface area contributed by atoms with E-state index in [2.05, 4.69) is 92.1 Å². The third-order valence-corrected chi connectivity index (χ3v) is 13.4. The summed E-state index contributed by atoms with van der Waals surface area (Å²) in [7, 11) is 0. The third-order valence-electron chi connectivity index (χ3n) is 13.4. The lowest BCUT2D eigenvalue weighted by Crippen LogP contribution is -2.45. The maximum Gasteiger partial charge on any atom is 0.220 e. The molecule has 0 aromatic carbocycles. The second-order valence-corrected chi connectivity index (χ2v) is 20.0. The van der Waals surface area contributed by atoms with Gasteiger partial charge in [0.05, 0.1) is 18.8 Å². The Morgan fingerprint density at radius 2 is 0.647 bits per heavy atom. The van der Waals surface area contributed by atoms with Gasteiger partial charge in [-0.3, -0.25) is 4.79 Å². The number of rotatable bonds is 54. The predicted molar refractivity (Wildman–Crippen MR) is 303 cm³/mol. The monoisotopic (exact) mass is 946 g/mol. The fourth-order valence-electron chi connectivity index (χ4n) is 8.89. The third kappa shape index (κ3) is 54.5. The highest BCUT2D eigenvalue weighted by atomic mass is 16.3. The number of amides is 1. The van der Waals surface area contributed by atoms with Crippen LogP contribution in [-0.4, -0.2) is 34.9 Å². The molecule has 0 radical (unpaired) electrons. The van der Waals surface area contributed by atoms with Crippen LogP contribution in [0.15, 0.2) is 85.1 Å². The van der Waals surface area contributed by atoms with Gasteiger partial charge in [-0.2, -0.15) is 0 Å². The van der Waals surface area contributed by atoms with Gasteiger partial charge in [0.1, 0.15) is 0 Å². The number of unbranched alkanes of at least 4 members (excludes halogenated alkanes) is 35. The standard InChI is InChI=1S/C64H115NO3/c1-3-5-7-9-11-13-15-17-19-21-23-25-27-29-31-32-34-36-38-40-42-44-46-48-50-52-54-56-58-60-64(68)65-62(61-66)63(67)59-57-55-53-51-49-47-45-43-41-39-37-35-33-30-28-26-24-22-20-18-16-14-12-10-8-6-4-2/h5,7,11,13,17,19,23,25,29,31,34,36,57,59,62-63,66-67H,3-4,6,8-10,12,14-16,18,20-22,24,26-28,30,32-33,35,37-56,58,60-61H2,1-2H3,(H,65,68)/b7-5-,13-11-,19-17-,25-23-,31-29-,36-34-,59-57+. The van der Waals surface area contributed by atoms with Gasteiger partial charge in [-0.1, -0.05) is 304 Å². The molecule has 1 amide bonds. The van der Waals surface area contributed by atoms with E-state index in [1.807, 2.05) is 6.08 Å². The first-order valence-corrected chi connectivity index (χ1v) is 29.8. The number of hydrogen-bond donors (Lipinski definition) is 3. The zero-order chi connectivity index (χ0) is 49.2. The largest absolute Gasteiger partial charge is 0.394 e. The molecule has 394 valence electrons. The minimum Gasteiger partial charge on any atom is -0.394 e. The average Bonchev–Trinajstić information content (AvgIpc) is 3.34. The lowest BCUT2D eigenvalue weighted by atomic mass is 10.0. The maximum absolute atomic E-state index is 12.5. The summed E-state index contributed by atoms with van der Waals surface area (Å²) in [5, 5.41) is 23.2. The van der Waals surface area contributed by atoms with Gasteiger partial charge in [0.2, 0.25) is 5.91 Å². The number of carbonyl (C=O) groups is 1. The Kier molecular flexibility index (Phi) is 56.8. The molecule has 0 spiro atoms. The SMILES string of the molecule is CC/C=C\C/C=C\C/C=C\C/C=C\C/C=C\C/C=C\CCCCCCCCCCCCC(=O)NC(CO)C(O)/C=C/CCCCCCCCCCCCCCCCCCCCCCCCCCC. The van der Waals surface area contributed by atoms with Crippen molar-refractivity contribution in [3.8, 4) is 0 Å². The van der Waals surface area contributed by atoms with E-state index in [9.17, 15) is 15.0 Å². The zero-order valence-electron chi connectivity index (χ0n) is 45.4. The number of aliphatic hydroxyl groups is 2. The van der Waals surface area contributed by atoms with Gasteiger partial charge >= 0.3 is 0 Å². The van der Waals surface area contributed by atoms with E-state index in [4.69, 9.17) is 0 Å². The number of carbonyl (C=O) groups excluding carboxylic acids is 1. The normalized spacial score (nSPS) is 13.4. The zero-order valence-corrected chi connectivity index (χ0v) is 45.4. The van der Waals surface area contributed by atoms with Crippen molar-refractivity contribution in [3.05, 3.63) is 85.1 Å². The lowest BCUT2D eigenvalue weighted by Gasteiger charge is -2.20. The summed E-state index contributed by atoms with van der Waals surface area (Å²) in [6, 6.07) is -0.631. The van der Waals surface area contributed by atoms with Crippen LogP contribution in [0.4, 0.5) is 0 Å². The second-order valence-electron chi connectivity index (χ2n) is 20.0. The minimum atomic E-state index is -0.847. The van der Waals surface area contributed by atoms with Crippen LogP contribution in [0.25, 0.3) is 0 Å². The molecular formula is C64H115NO3. The molecule has 0 heterocycles. The van der Waals surface area contributed by atoms with Crippen LogP contribution in [0, 0.1) is 0 Å². The van der Waals surface area contributed by atoms with Crippen molar-refractivity contribution in [1.82, 2.24) is 5.32 Å². The number of allylic oxidation sites excluding steroid dienone is 13. The molecule has 68 heavy (non-hydrogen) atoms. The number of nitrogens with one attached hydrogen (secondary N) is 1. The van der Waals surface area contributed by atoms with Gasteiger partial charge in [0.15, 0.2) is 0 Å². The quantitative estimate of drug-likeness (QED) is 0.0420. The van der Waals surface area contributed by atoms with E-state index in [1.54, 1.807) is 6.08 Å². The van der Waals surface area contributed by atoms with Gasteiger partial charge < -0.3 is 15.5 Å². The van der Waals surface area contributed by atoms with Crippen LogP contribution < -0.4 is 5.32 Å². The van der Waals surface area contributed by atoms with Gasteiger partial charge in [-0.25, -0.2) is 0 Å². The highest BCUT2D eigenvalue weighted by Gasteiger charge is 2.18. The van der Waals surface area contributed by atoms with Crippen molar-refractivity contribution in [1.29, 1.82) is 0 Å². The molecule has 2 unspecified atom stereocenters. The molecule has 0 aliphatic rings. The van der Waals surface area contributed by atoms with Crippen LogP contribution in [-0.2, 0) is 4.79 Å². The smallest absolute Gasteiger partial charge is 0.220 e. The summed E-state index contributed by atoms with van der Waals surface area (Å²) in [6.45, 7) is 4.22. The van der Waals surface area contributed by atoms with Gasteiger partial charge in [-0.15, -0.1) is 0 Å². The topological polar surface area (TPSA) is 69.6 Å². The summed E-state index contributed by atoms with van der Waals surface area (Å²) in [5.41, 5.74) is 0. The Morgan fingerprint density at radius 3 is 0.971 bits per heavy atom. The van der Waals surface area contributed by atoms with E-state index in [0.717, 1.165) is 64.2 Å². The molecule has 0 saturated carbocycles. The van der Waals surface area contributed by atoms with Crippen molar-refractivity contribution < 1.29 is 15.0 Å². The molecule has 0 fully saturated rings. The molecule has 4 nitrogen and oxygen atoms in total. The molecule has 0 aromatic heterocycles. The summed E-state index contributed by atoms with van der Waals surface area (Å²) >= 11 is 0. The van der Waals surface area contributed by atoms with Crippen LogP contribution in [0.3, 0.4) is 0 Å². The molecule has 0 aliphatic carbocycles. The molecule has 0 aliphatic heterocycles. The Labute approximate surface area is 424 Å². The highest BCUT2D eigenvalue weighted by Crippen LogP contribution is 2.17. The van der Waals surface area contributed by atoms with E-state index >= 15 is 0 Å². The Bertz CT molecular complexity index is 1210. The van der Waals surface area contributed by atoms with Gasteiger partial charge in [0.25, 0.3) is 0 Å². The first kappa shape index (κ1) is 65.6. The van der Waals surface area contributed by atoms with Crippen molar-refractivity contribution in [3.63, 3.8) is 0 Å². The Morgan fingerprint density at radius 1 is 0.368 bits per heavy atom. The van der Waals surface area contributed by atoms with Crippen molar-refractivity contribution in [2.75, 3.05) is 6.61 Å². The van der Waals surface area contributed by atoms with Crippen LogP contribution in [0.5, 0.6) is 0 Å². The molecule has 2 atom stereocenters. The summed E-state index contributed by atoms with van der Waals surface area (Å²) in [4.78, 5) is 12.5. The first-order chi connectivity index (χ1) is 33.7. The molecule has 0 bridgehead atoms. The highest BCUT2D eigenvalue weighted by molar-refractivity contribution is 5.76. The van der Waals surface area contributed by atoms with E-state index in [-0.39, 0.29) is 12.5 Å². The predicted octanol–water partition coefficient (Wildman–Crippen LogP) is 19.9. The Balaban J connectivity index is 3.53. The number of hydrogen-bond acceptors (Lipinski definition) is 3. The van der Waals surface area contributed by atoms with Gasteiger partial charge in [0, 0.05) is 6.42 Å². The van der Waals surface area contributed by atoms with Crippen molar-refractivity contribution in [2.24, 2.45) is 0 Å². The fourth-order valence-corrected chi connectivity index (χ4v) is 8.89. The summed E-state index contributed by atoms with van der Waals surface area (Å²) in [6.07, 6.45) is 86.1. The van der Waals surface area contributed by atoms with Gasteiger partial charge in [-0.05, 0) is 70.6 Å². The van der Waals surface area contributed by atoms with Crippen molar-refractivity contribution >= 4 is 5.91 Å². The molecule has 0 aromatic rings. The lowest BCUT2D eigenvalue weighted by molar-refractivity contribution is -0.123. The Hall–Kier alpha value is -2.43. The maximum atomic E-state index is 12.5. The van der Waals surface area contributed by atoms with Crippen molar-refractivity contribution in [2.45, 2.75) is 309 Å². The van der Waals surface area contributed by atoms with E-state index in [0.29, 0.717) is 6.42 Å². The first-order valence-electron chi connectivity index (χ1n) is 29.8. The minimum absolute atomic E-state index is 0.0688. The number of aliphatic hydroxyl groups excluding tert-OH is 2. The summed E-state index contributed by atoms with van der Waals surface area (Å²) < 4.78 is 0. The molecule has 4 heteroatoms. The van der Waals surface area contributed by atoms with E-state index < -0.39 is 12.1 Å².